The van der Waals surface area contributed by atoms with Gasteiger partial charge in [0.05, 0.1) is 0 Å². The van der Waals surface area contributed by atoms with Gasteiger partial charge in [-0.1, -0.05) is 190 Å². The van der Waals surface area contributed by atoms with Crippen LogP contribution >= 0.6 is 0 Å². The second-order valence-electron chi connectivity index (χ2n) is 16.0. The zero-order chi connectivity index (χ0) is 43.0. The van der Waals surface area contributed by atoms with Gasteiger partial charge in [-0.25, -0.2) is 0 Å². The smallest absolute Gasteiger partial charge is 0.306 e. The third-order valence-corrected chi connectivity index (χ3v) is 10.2. The van der Waals surface area contributed by atoms with Crippen LogP contribution in [-0.4, -0.2) is 37.2 Å². The molecule has 0 radical (unpaired) electrons. The maximum absolute atomic E-state index is 12.7. The number of esters is 3. The number of hydrogen-bond donors (Lipinski definition) is 0. The molecule has 6 heteroatoms. The Hall–Kier alpha value is -3.15. The van der Waals surface area contributed by atoms with Crippen molar-refractivity contribution in [3.8, 4) is 0 Å². The standard InChI is InChI=1S/C53H90O6/c1-4-7-10-13-15-17-19-21-23-25-26-28-29-31-33-35-37-40-43-46-52(55)58-49-50(48-57-51(54)45-42-39-12-9-6-3)59-53(56)47-44-41-38-36-34-32-30-27-24-22-20-18-16-14-11-8-5-2/h7,10,15,17,21-24,26,28,31,33,50H,4-6,8-9,11-14,16,18-20,25,27,29-30,32,34-49H2,1-3H3/b10-7-,17-15-,23-21-,24-22-,28-26-,33-31-. The van der Waals surface area contributed by atoms with Crippen LogP contribution in [0.4, 0.5) is 0 Å². The predicted molar refractivity (Wildman–Crippen MR) is 251 cm³/mol. The van der Waals surface area contributed by atoms with E-state index < -0.39 is 6.10 Å². The molecule has 0 fully saturated rings. The molecule has 59 heavy (non-hydrogen) atoms. The van der Waals surface area contributed by atoms with Gasteiger partial charge >= 0.3 is 17.9 Å². The monoisotopic (exact) mass is 823 g/mol. The first-order chi connectivity index (χ1) is 29.0. The second-order valence-corrected chi connectivity index (χ2v) is 16.0. The van der Waals surface area contributed by atoms with Crippen LogP contribution in [0.3, 0.4) is 0 Å². The maximum Gasteiger partial charge on any atom is 0.306 e. The molecule has 0 aromatic rings. The summed E-state index contributed by atoms with van der Waals surface area (Å²) in [7, 11) is 0. The van der Waals surface area contributed by atoms with E-state index in [4.69, 9.17) is 14.2 Å². The van der Waals surface area contributed by atoms with Gasteiger partial charge in [0.1, 0.15) is 13.2 Å². The lowest BCUT2D eigenvalue weighted by Gasteiger charge is -2.18. The van der Waals surface area contributed by atoms with E-state index in [1.807, 2.05) is 0 Å². The Morgan fingerprint density at radius 2 is 0.661 bits per heavy atom. The quantitative estimate of drug-likeness (QED) is 0.0264. The van der Waals surface area contributed by atoms with Crippen molar-refractivity contribution in [2.75, 3.05) is 13.2 Å². The average Bonchev–Trinajstić information content (AvgIpc) is 3.23. The topological polar surface area (TPSA) is 78.9 Å². The van der Waals surface area contributed by atoms with Gasteiger partial charge < -0.3 is 14.2 Å². The highest BCUT2D eigenvalue weighted by Gasteiger charge is 2.19. The van der Waals surface area contributed by atoms with Gasteiger partial charge in [0.15, 0.2) is 6.10 Å². The molecular formula is C53H90O6. The summed E-state index contributed by atoms with van der Waals surface area (Å²) in [5.41, 5.74) is 0. The first-order valence-corrected chi connectivity index (χ1v) is 24.4. The molecule has 0 aromatic heterocycles. The number of carbonyl (C=O) groups is 3. The first-order valence-electron chi connectivity index (χ1n) is 24.4. The van der Waals surface area contributed by atoms with Gasteiger partial charge in [-0.15, -0.1) is 0 Å². The van der Waals surface area contributed by atoms with E-state index in [1.165, 1.54) is 83.5 Å². The Kier molecular flexibility index (Phi) is 45.0. The van der Waals surface area contributed by atoms with Gasteiger partial charge in [0.25, 0.3) is 0 Å². The highest BCUT2D eigenvalue weighted by Crippen LogP contribution is 2.13. The van der Waals surface area contributed by atoms with Gasteiger partial charge in [-0.2, -0.15) is 0 Å². The lowest BCUT2D eigenvalue weighted by molar-refractivity contribution is -0.167. The molecule has 1 unspecified atom stereocenters. The Balaban J connectivity index is 4.27. The fourth-order valence-corrected chi connectivity index (χ4v) is 6.52. The fraction of sp³-hybridized carbons (Fsp3) is 0.717. The van der Waals surface area contributed by atoms with Crippen molar-refractivity contribution in [2.24, 2.45) is 0 Å². The summed E-state index contributed by atoms with van der Waals surface area (Å²) in [5.74, 6) is -0.942. The van der Waals surface area contributed by atoms with E-state index in [-0.39, 0.29) is 31.1 Å². The third-order valence-electron chi connectivity index (χ3n) is 10.2. The van der Waals surface area contributed by atoms with E-state index in [9.17, 15) is 14.4 Å². The molecule has 0 bridgehead atoms. The molecule has 0 aromatic carbocycles. The molecule has 0 spiro atoms. The number of carbonyl (C=O) groups excluding carboxylic acids is 3. The van der Waals surface area contributed by atoms with Gasteiger partial charge in [0.2, 0.25) is 0 Å². The van der Waals surface area contributed by atoms with Crippen LogP contribution in [0.5, 0.6) is 0 Å². The molecule has 0 saturated carbocycles. The van der Waals surface area contributed by atoms with Crippen LogP contribution in [-0.2, 0) is 28.6 Å². The van der Waals surface area contributed by atoms with Crippen LogP contribution in [0, 0.1) is 0 Å². The second kappa shape index (κ2) is 47.5. The summed E-state index contributed by atoms with van der Waals surface area (Å²) in [6, 6.07) is 0. The summed E-state index contributed by atoms with van der Waals surface area (Å²) in [5, 5.41) is 0. The summed E-state index contributed by atoms with van der Waals surface area (Å²) in [6.45, 7) is 6.40. The lowest BCUT2D eigenvalue weighted by atomic mass is 10.1. The normalized spacial score (nSPS) is 12.7. The van der Waals surface area contributed by atoms with Crippen LogP contribution in [0.15, 0.2) is 72.9 Å². The zero-order valence-electron chi connectivity index (χ0n) is 38.5. The maximum atomic E-state index is 12.7. The van der Waals surface area contributed by atoms with Gasteiger partial charge in [-0.3, -0.25) is 14.4 Å². The van der Waals surface area contributed by atoms with E-state index >= 15 is 0 Å². The summed E-state index contributed by atoms with van der Waals surface area (Å²) < 4.78 is 16.6. The molecule has 1 atom stereocenters. The minimum atomic E-state index is -0.786. The van der Waals surface area contributed by atoms with Crippen molar-refractivity contribution >= 4 is 17.9 Å². The van der Waals surface area contributed by atoms with Crippen molar-refractivity contribution < 1.29 is 28.6 Å². The number of unbranched alkanes of at least 4 members (excludes halogenated alkanes) is 20. The van der Waals surface area contributed by atoms with Crippen molar-refractivity contribution in [2.45, 2.75) is 232 Å². The summed E-state index contributed by atoms with van der Waals surface area (Å²) >= 11 is 0. The van der Waals surface area contributed by atoms with Crippen molar-refractivity contribution in [3.63, 3.8) is 0 Å². The molecule has 0 heterocycles. The van der Waals surface area contributed by atoms with E-state index in [1.54, 1.807) is 0 Å². The molecule has 0 N–H and O–H groups in total. The fourth-order valence-electron chi connectivity index (χ4n) is 6.52. The van der Waals surface area contributed by atoms with Crippen molar-refractivity contribution in [1.82, 2.24) is 0 Å². The number of allylic oxidation sites excluding steroid dienone is 12. The van der Waals surface area contributed by atoms with Crippen LogP contribution in [0.2, 0.25) is 0 Å². The zero-order valence-corrected chi connectivity index (χ0v) is 38.5. The Bertz CT molecular complexity index is 1130. The minimum absolute atomic E-state index is 0.0890. The number of rotatable bonds is 43. The number of hydrogen-bond acceptors (Lipinski definition) is 6. The van der Waals surface area contributed by atoms with E-state index in [0.717, 1.165) is 103 Å². The van der Waals surface area contributed by atoms with E-state index in [0.29, 0.717) is 19.3 Å². The SMILES string of the molecule is CC/C=C\C/C=C\C/C=C\C/C=C\C/C=C\CCCCCC(=O)OCC(COC(=O)CCCCCCC)OC(=O)CCCCCCCCC/C=C\CCCCCCCC. The van der Waals surface area contributed by atoms with Crippen molar-refractivity contribution in [3.05, 3.63) is 72.9 Å². The van der Waals surface area contributed by atoms with Gasteiger partial charge in [-0.05, 0) is 89.9 Å². The molecule has 0 rings (SSSR count). The van der Waals surface area contributed by atoms with Crippen LogP contribution in [0.25, 0.3) is 0 Å². The predicted octanol–water partition coefficient (Wildman–Crippen LogP) is 15.9. The Morgan fingerprint density at radius 3 is 1.07 bits per heavy atom. The third kappa shape index (κ3) is 45.8. The largest absolute Gasteiger partial charge is 0.462 e. The van der Waals surface area contributed by atoms with E-state index in [2.05, 4.69) is 93.7 Å². The van der Waals surface area contributed by atoms with Crippen LogP contribution < -0.4 is 0 Å². The summed E-state index contributed by atoms with van der Waals surface area (Å²) in [4.78, 5) is 37.6. The highest BCUT2D eigenvalue weighted by molar-refractivity contribution is 5.71. The average molecular weight is 823 g/mol. The minimum Gasteiger partial charge on any atom is -0.462 e. The first kappa shape index (κ1) is 55.9. The van der Waals surface area contributed by atoms with Crippen molar-refractivity contribution in [1.29, 1.82) is 0 Å². The Labute approximate surface area is 363 Å². The molecule has 338 valence electrons. The number of ether oxygens (including phenoxy) is 3. The lowest BCUT2D eigenvalue weighted by Crippen LogP contribution is -2.30. The molecule has 0 aliphatic carbocycles. The molecule has 0 amide bonds. The highest BCUT2D eigenvalue weighted by atomic mass is 16.6. The molecular weight excluding hydrogens is 733 g/mol. The molecule has 0 saturated heterocycles. The molecule has 0 aliphatic rings. The van der Waals surface area contributed by atoms with Crippen LogP contribution in [0.1, 0.15) is 226 Å². The summed E-state index contributed by atoms with van der Waals surface area (Å²) in [6.07, 6.45) is 59.2. The molecule has 0 aliphatic heterocycles. The Morgan fingerprint density at radius 1 is 0.356 bits per heavy atom. The molecule has 6 nitrogen and oxygen atoms in total. The van der Waals surface area contributed by atoms with Gasteiger partial charge in [0, 0.05) is 19.3 Å².